The molecule has 1 amide bonds. The zero-order chi connectivity index (χ0) is 26.5. The molecule has 3 aromatic carbocycles. The molecule has 188 valence electrons. The molecule has 0 unspecified atom stereocenters. The summed E-state index contributed by atoms with van der Waals surface area (Å²) >= 11 is 0. The number of nitrogens with one attached hydrogen (secondary N) is 3. The molecule has 0 atom stereocenters. The summed E-state index contributed by atoms with van der Waals surface area (Å²) in [4.78, 5) is 31.6. The van der Waals surface area contributed by atoms with Gasteiger partial charge in [0.05, 0.1) is 24.4 Å². The monoisotopic (exact) mass is 511 g/mol. The van der Waals surface area contributed by atoms with Crippen LogP contribution in [0.25, 0.3) is 0 Å². The van der Waals surface area contributed by atoms with Crippen molar-refractivity contribution in [2.45, 2.75) is 0 Å². The van der Waals surface area contributed by atoms with Crippen LogP contribution >= 0.6 is 0 Å². The maximum atomic E-state index is 14.3. The van der Waals surface area contributed by atoms with Gasteiger partial charge in [-0.25, -0.2) is 27.3 Å². The predicted octanol–water partition coefficient (Wildman–Crippen LogP) is 5.56. The number of aromatic nitrogens is 2. The van der Waals surface area contributed by atoms with E-state index < -0.39 is 35.1 Å². The molecule has 4 rings (SSSR count). The van der Waals surface area contributed by atoms with Gasteiger partial charge in [0.1, 0.15) is 17.5 Å². The Kier molecular flexibility index (Phi) is 7.28. The summed E-state index contributed by atoms with van der Waals surface area (Å²) in [6.07, 6.45) is 0.905. The number of methoxy groups -OCH3 is 1. The zero-order valence-electron chi connectivity index (χ0n) is 19.0. The lowest BCUT2D eigenvalue weighted by Crippen LogP contribution is -2.13. The number of esters is 1. The number of halogens is 4. The van der Waals surface area contributed by atoms with Gasteiger partial charge < -0.3 is 20.7 Å². The summed E-state index contributed by atoms with van der Waals surface area (Å²) in [5, 5.41) is 7.95. The molecule has 12 heteroatoms. The number of nitrogens with zero attached hydrogens (tertiary/aromatic N) is 2. The van der Waals surface area contributed by atoms with Gasteiger partial charge in [0.2, 0.25) is 5.95 Å². The Morgan fingerprint density at radius 2 is 1.41 bits per heavy atom. The Hall–Kier alpha value is -5.00. The maximum Gasteiger partial charge on any atom is 0.340 e. The van der Waals surface area contributed by atoms with Gasteiger partial charge in [-0.2, -0.15) is 4.98 Å². The molecule has 0 bridgehead atoms. The molecule has 0 saturated carbocycles. The van der Waals surface area contributed by atoms with Gasteiger partial charge in [0, 0.05) is 23.1 Å². The number of anilines is 5. The highest BCUT2D eigenvalue weighted by atomic mass is 19.1. The van der Waals surface area contributed by atoms with Crippen molar-refractivity contribution in [3.05, 3.63) is 101 Å². The minimum absolute atomic E-state index is 0.0562. The Labute approximate surface area is 207 Å². The predicted molar refractivity (Wildman–Crippen MR) is 127 cm³/mol. The van der Waals surface area contributed by atoms with E-state index in [1.807, 2.05) is 0 Å². The minimum atomic E-state index is -0.999. The molecule has 0 fully saturated rings. The Morgan fingerprint density at radius 1 is 0.757 bits per heavy atom. The Morgan fingerprint density at radius 3 is 2.08 bits per heavy atom. The normalized spacial score (nSPS) is 10.5. The average Bonchev–Trinajstić information content (AvgIpc) is 2.87. The van der Waals surface area contributed by atoms with Crippen LogP contribution < -0.4 is 16.0 Å². The first-order valence-electron chi connectivity index (χ1n) is 10.5. The van der Waals surface area contributed by atoms with E-state index in [-0.39, 0.29) is 28.6 Å². The van der Waals surface area contributed by atoms with Crippen LogP contribution in [0, 0.1) is 23.3 Å². The molecular formula is C25H17F4N5O3. The summed E-state index contributed by atoms with van der Waals surface area (Å²) in [6.45, 7) is 0. The van der Waals surface area contributed by atoms with E-state index in [9.17, 15) is 27.2 Å². The molecule has 37 heavy (non-hydrogen) atoms. The van der Waals surface area contributed by atoms with Crippen molar-refractivity contribution in [2.75, 3.05) is 23.1 Å². The first kappa shape index (κ1) is 25.1. The van der Waals surface area contributed by atoms with Gasteiger partial charge in [0.15, 0.2) is 11.6 Å². The Bertz CT molecular complexity index is 1480. The van der Waals surface area contributed by atoms with Crippen molar-refractivity contribution in [2.24, 2.45) is 0 Å². The Balaban J connectivity index is 1.44. The zero-order valence-corrected chi connectivity index (χ0v) is 19.0. The third-order valence-corrected chi connectivity index (χ3v) is 4.96. The van der Waals surface area contributed by atoms with Gasteiger partial charge >= 0.3 is 5.97 Å². The molecule has 4 aromatic rings. The average molecular weight is 511 g/mol. The minimum Gasteiger partial charge on any atom is -0.465 e. The van der Waals surface area contributed by atoms with E-state index in [0.29, 0.717) is 17.4 Å². The van der Waals surface area contributed by atoms with E-state index in [2.05, 4.69) is 30.7 Å². The van der Waals surface area contributed by atoms with Crippen molar-refractivity contribution in [1.82, 2.24) is 9.97 Å². The van der Waals surface area contributed by atoms with Crippen LogP contribution in [0.4, 0.5) is 46.4 Å². The van der Waals surface area contributed by atoms with Crippen LogP contribution in [-0.4, -0.2) is 29.0 Å². The molecule has 0 aliphatic carbocycles. The van der Waals surface area contributed by atoms with Crippen molar-refractivity contribution in [1.29, 1.82) is 0 Å². The van der Waals surface area contributed by atoms with E-state index in [1.165, 1.54) is 36.4 Å². The fourth-order valence-corrected chi connectivity index (χ4v) is 3.16. The quantitative estimate of drug-likeness (QED) is 0.220. The third kappa shape index (κ3) is 5.99. The summed E-state index contributed by atoms with van der Waals surface area (Å²) < 4.78 is 59.8. The van der Waals surface area contributed by atoms with Crippen molar-refractivity contribution < 1.29 is 31.9 Å². The van der Waals surface area contributed by atoms with Gasteiger partial charge in [-0.05, 0) is 54.6 Å². The fourth-order valence-electron chi connectivity index (χ4n) is 3.16. The highest BCUT2D eigenvalue weighted by Gasteiger charge is 2.15. The van der Waals surface area contributed by atoms with E-state index in [0.717, 1.165) is 31.5 Å². The first-order valence-corrected chi connectivity index (χ1v) is 10.5. The first-order chi connectivity index (χ1) is 17.7. The number of rotatable bonds is 7. The standard InChI is InChI=1S/C25H17F4N5O3/c1-37-24(36)18-9-7-16(11-20(18)28)33-25-30-12-21(29)22(34-25)31-14-3-5-15(6-4-14)32-23(35)17-8-2-13(26)10-19(17)27/h2-12H,1H3,(H,32,35)(H2,30,31,33,34). The van der Waals surface area contributed by atoms with Crippen molar-refractivity contribution in [3.8, 4) is 0 Å². The van der Waals surface area contributed by atoms with E-state index in [1.54, 1.807) is 0 Å². The number of hydrogen-bond acceptors (Lipinski definition) is 7. The topological polar surface area (TPSA) is 105 Å². The lowest BCUT2D eigenvalue weighted by atomic mass is 10.2. The fraction of sp³-hybridized carbons (Fsp3) is 0.0400. The highest BCUT2D eigenvalue weighted by Crippen LogP contribution is 2.23. The molecule has 0 aliphatic heterocycles. The molecule has 1 heterocycles. The molecule has 0 radical (unpaired) electrons. The highest BCUT2D eigenvalue weighted by molar-refractivity contribution is 6.04. The van der Waals surface area contributed by atoms with Gasteiger partial charge in [-0.3, -0.25) is 4.79 Å². The number of amides is 1. The third-order valence-electron chi connectivity index (χ3n) is 4.96. The maximum absolute atomic E-state index is 14.3. The SMILES string of the molecule is COC(=O)c1ccc(Nc2ncc(F)c(Nc3ccc(NC(=O)c4ccc(F)cc4F)cc3)n2)cc1F. The number of carbonyl (C=O) groups is 2. The van der Waals surface area contributed by atoms with Crippen LogP contribution in [0.1, 0.15) is 20.7 Å². The van der Waals surface area contributed by atoms with Gasteiger partial charge in [-0.15, -0.1) is 0 Å². The van der Waals surface area contributed by atoms with Gasteiger partial charge in [-0.1, -0.05) is 0 Å². The largest absolute Gasteiger partial charge is 0.465 e. The summed E-state index contributed by atoms with van der Waals surface area (Å²) in [5.41, 5.74) is 0.329. The number of benzene rings is 3. The smallest absolute Gasteiger partial charge is 0.340 e. The lowest BCUT2D eigenvalue weighted by molar-refractivity contribution is 0.0595. The van der Waals surface area contributed by atoms with Crippen LogP contribution in [0.5, 0.6) is 0 Å². The van der Waals surface area contributed by atoms with Crippen LogP contribution in [0.15, 0.2) is 66.9 Å². The lowest BCUT2D eigenvalue weighted by Gasteiger charge is -2.11. The number of ether oxygens (including phenoxy) is 1. The van der Waals surface area contributed by atoms with Crippen molar-refractivity contribution >= 4 is 40.7 Å². The molecule has 0 spiro atoms. The summed E-state index contributed by atoms with van der Waals surface area (Å²) in [7, 11) is 1.13. The second-order valence-electron chi connectivity index (χ2n) is 7.48. The van der Waals surface area contributed by atoms with Crippen LogP contribution in [0.3, 0.4) is 0 Å². The molecule has 1 aromatic heterocycles. The molecule has 0 aliphatic rings. The second-order valence-corrected chi connectivity index (χ2v) is 7.48. The van der Waals surface area contributed by atoms with E-state index >= 15 is 0 Å². The van der Waals surface area contributed by atoms with Crippen LogP contribution in [-0.2, 0) is 4.74 Å². The summed E-state index contributed by atoms with van der Waals surface area (Å²) in [5.74, 6) is -5.26. The van der Waals surface area contributed by atoms with Crippen LogP contribution in [0.2, 0.25) is 0 Å². The number of hydrogen-bond donors (Lipinski definition) is 3. The summed E-state index contributed by atoms with van der Waals surface area (Å²) in [6, 6.07) is 12.2. The second kappa shape index (κ2) is 10.7. The molecule has 8 nitrogen and oxygen atoms in total. The van der Waals surface area contributed by atoms with Crippen molar-refractivity contribution in [3.63, 3.8) is 0 Å². The van der Waals surface area contributed by atoms with E-state index in [4.69, 9.17) is 0 Å². The molecular weight excluding hydrogens is 494 g/mol. The number of carbonyl (C=O) groups excluding carboxylic acids is 2. The van der Waals surface area contributed by atoms with Gasteiger partial charge in [0.25, 0.3) is 5.91 Å². The molecule has 0 saturated heterocycles. The molecule has 3 N–H and O–H groups in total.